The van der Waals surface area contributed by atoms with E-state index in [4.69, 9.17) is 5.73 Å². The van der Waals surface area contributed by atoms with Gasteiger partial charge < -0.3 is 21.8 Å². The topological polar surface area (TPSA) is 124 Å². The van der Waals surface area contributed by atoms with Gasteiger partial charge in [-0.05, 0) is 37.5 Å². The number of benzene rings is 1. The SMILES string of the molecule is C[C@@H](Nc1ncc(C(N)=O)c(NC2CCCCC2)n1)c1ccc(F)cc1.O. The molecule has 1 saturated carbocycles. The van der Waals surface area contributed by atoms with Gasteiger partial charge in [-0.1, -0.05) is 31.4 Å². The fraction of sp³-hybridized carbons (Fsp3) is 0.421. The first-order valence-electron chi connectivity index (χ1n) is 8.98. The zero-order chi connectivity index (χ0) is 18.5. The van der Waals surface area contributed by atoms with Crippen LogP contribution in [-0.4, -0.2) is 27.4 Å². The molecular weight excluding hydrogens is 349 g/mol. The number of carbonyl (C=O) groups excluding carboxylic acids is 1. The van der Waals surface area contributed by atoms with E-state index in [1.807, 2.05) is 6.92 Å². The first-order valence-corrected chi connectivity index (χ1v) is 8.98. The summed E-state index contributed by atoms with van der Waals surface area (Å²) in [7, 11) is 0. The van der Waals surface area contributed by atoms with Gasteiger partial charge in [-0.2, -0.15) is 4.98 Å². The molecular formula is C19H26FN5O2. The summed E-state index contributed by atoms with van der Waals surface area (Å²) >= 11 is 0. The molecule has 0 saturated heterocycles. The van der Waals surface area contributed by atoms with E-state index in [0.29, 0.717) is 17.8 Å². The van der Waals surface area contributed by atoms with Crippen LogP contribution in [0.1, 0.15) is 61.0 Å². The summed E-state index contributed by atoms with van der Waals surface area (Å²) in [5.74, 6) is 0.0294. The van der Waals surface area contributed by atoms with Crippen molar-refractivity contribution in [3.05, 3.63) is 47.4 Å². The van der Waals surface area contributed by atoms with Gasteiger partial charge in [-0.25, -0.2) is 9.37 Å². The number of halogens is 1. The molecule has 0 bridgehead atoms. The Morgan fingerprint density at radius 2 is 1.89 bits per heavy atom. The molecule has 8 heteroatoms. The molecule has 1 aromatic heterocycles. The first kappa shape index (κ1) is 20.6. The highest BCUT2D eigenvalue weighted by atomic mass is 19.1. The third-order valence-corrected chi connectivity index (χ3v) is 4.72. The molecule has 1 amide bonds. The first-order chi connectivity index (χ1) is 12.5. The van der Waals surface area contributed by atoms with Crippen LogP contribution >= 0.6 is 0 Å². The number of primary amides is 1. The van der Waals surface area contributed by atoms with E-state index in [9.17, 15) is 9.18 Å². The van der Waals surface area contributed by atoms with E-state index in [2.05, 4.69) is 20.6 Å². The van der Waals surface area contributed by atoms with Crippen molar-refractivity contribution in [3.8, 4) is 0 Å². The summed E-state index contributed by atoms with van der Waals surface area (Å²) in [4.78, 5) is 20.4. The van der Waals surface area contributed by atoms with E-state index < -0.39 is 5.91 Å². The lowest BCUT2D eigenvalue weighted by molar-refractivity contribution is 0.100. The molecule has 1 heterocycles. The van der Waals surface area contributed by atoms with Crippen LogP contribution in [0, 0.1) is 5.82 Å². The summed E-state index contributed by atoms with van der Waals surface area (Å²) in [5.41, 5.74) is 6.66. The molecule has 1 atom stereocenters. The van der Waals surface area contributed by atoms with Crippen LogP contribution < -0.4 is 16.4 Å². The Morgan fingerprint density at radius 3 is 2.52 bits per heavy atom. The van der Waals surface area contributed by atoms with Crippen LogP contribution in [0.5, 0.6) is 0 Å². The largest absolute Gasteiger partial charge is 0.412 e. The number of rotatable bonds is 6. The molecule has 0 unspecified atom stereocenters. The average Bonchev–Trinajstić information content (AvgIpc) is 2.63. The number of anilines is 2. The number of aromatic nitrogens is 2. The summed E-state index contributed by atoms with van der Waals surface area (Å²) in [5, 5.41) is 6.53. The number of amides is 1. The Morgan fingerprint density at radius 1 is 1.22 bits per heavy atom. The maximum Gasteiger partial charge on any atom is 0.254 e. The number of carbonyl (C=O) groups is 1. The number of hydrogen-bond acceptors (Lipinski definition) is 5. The Labute approximate surface area is 157 Å². The van der Waals surface area contributed by atoms with Crippen molar-refractivity contribution < 1.29 is 14.7 Å². The maximum atomic E-state index is 13.1. The lowest BCUT2D eigenvalue weighted by Crippen LogP contribution is -2.26. The highest BCUT2D eigenvalue weighted by Crippen LogP contribution is 2.24. The van der Waals surface area contributed by atoms with Gasteiger partial charge in [0.1, 0.15) is 11.6 Å². The second-order valence-corrected chi connectivity index (χ2v) is 6.72. The lowest BCUT2D eigenvalue weighted by Gasteiger charge is -2.24. The van der Waals surface area contributed by atoms with Crippen molar-refractivity contribution >= 4 is 17.7 Å². The van der Waals surface area contributed by atoms with Crippen LogP contribution in [0.4, 0.5) is 16.2 Å². The van der Waals surface area contributed by atoms with Crippen molar-refractivity contribution in [2.75, 3.05) is 10.6 Å². The third kappa shape index (κ3) is 5.37. The van der Waals surface area contributed by atoms with Crippen LogP contribution in [-0.2, 0) is 0 Å². The van der Waals surface area contributed by atoms with Gasteiger partial charge in [-0.3, -0.25) is 4.79 Å². The molecule has 27 heavy (non-hydrogen) atoms. The van der Waals surface area contributed by atoms with E-state index >= 15 is 0 Å². The summed E-state index contributed by atoms with van der Waals surface area (Å²) < 4.78 is 13.1. The zero-order valence-electron chi connectivity index (χ0n) is 15.3. The van der Waals surface area contributed by atoms with E-state index in [1.165, 1.54) is 37.6 Å². The van der Waals surface area contributed by atoms with Crippen molar-refractivity contribution in [1.82, 2.24) is 9.97 Å². The Kier molecular flexibility index (Phi) is 7.06. The molecule has 0 spiro atoms. The quantitative estimate of drug-likeness (QED) is 0.716. The predicted octanol–water partition coefficient (Wildman–Crippen LogP) is 2.81. The Hall–Kier alpha value is -2.74. The van der Waals surface area contributed by atoms with Crippen molar-refractivity contribution in [2.24, 2.45) is 5.73 Å². The van der Waals surface area contributed by atoms with Crippen LogP contribution in [0.15, 0.2) is 30.5 Å². The van der Waals surface area contributed by atoms with Crippen molar-refractivity contribution in [3.63, 3.8) is 0 Å². The summed E-state index contributed by atoms with van der Waals surface area (Å²) in [6.07, 6.45) is 7.13. The normalized spacial score (nSPS) is 15.5. The maximum absolute atomic E-state index is 13.1. The molecule has 0 aliphatic heterocycles. The number of nitrogens with two attached hydrogens (primary N) is 1. The molecule has 7 nitrogen and oxygen atoms in total. The average molecular weight is 375 g/mol. The number of nitrogens with one attached hydrogen (secondary N) is 2. The fourth-order valence-electron chi connectivity index (χ4n) is 3.21. The van der Waals surface area contributed by atoms with Crippen LogP contribution in [0.25, 0.3) is 0 Å². The fourth-order valence-corrected chi connectivity index (χ4v) is 3.21. The molecule has 6 N–H and O–H groups in total. The van der Waals surface area contributed by atoms with Crippen molar-refractivity contribution in [1.29, 1.82) is 0 Å². The standard InChI is InChI=1S/C19H24FN5O.H2O/c1-12(13-7-9-14(20)10-8-13)23-19-22-11-16(17(21)26)18(25-19)24-15-5-3-2-4-6-15;/h7-12,15H,2-6H2,1H3,(H2,21,26)(H2,22,23,24,25);1H2/t12-;/m1./s1. The Bertz CT molecular complexity index is 763. The van der Waals surface area contributed by atoms with E-state index in [-0.39, 0.29) is 22.9 Å². The third-order valence-electron chi connectivity index (χ3n) is 4.72. The van der Waals surface area contributed by atoms with Gasteiger partial charge in [0.05, 0.1) is 11.6 Å². The Balaban J connectivity index is 0.00000261. The van der Waals surface area contributed by atoms with Gasteiger partial charge in [-0.15, -0.1) is 0 Å². The monoisotopic (exact) mass is 375 g/mol. The molecule has 1 aliphatic carbocycles. The predicted molar refractivity (Wildman–Crippen MR) is 103 cm³/mol. The summed E-state index contributed by atoms with van der Waals surface area (Å²) in [6, 6.07) is 6.44. The minimum atomic E-state index is -0.554. The molecule has 0 radical (unpaired) electrons. The highest BCUT2D eigenvalue weighted by Gasteiger charge is 2.19. The minimum absolute atomic E-state index is 0. The van der Waals surface area contributed by atoms with E-state index in [0.717, 1.165) is 18.4 Å². The second kappa shape index (κ2) is 9.27. The molecule has 1 aromatic carbocycles. The molecule has 146 valence electrons. The molecule has 2 aromatic rings. The van der Waals surface area contributed by atoms with E-state index in [1.54, 1.807) is 12.1 Å². The van der Waals surface area contributed by atoms with Crippen LogP contribution in [0.2, 0.25) is 0 Å². The van der Waals surface area contributed by atoms with Gasteiger partial charge in [0.15, 0.2) is 0 Å². The zero-order valence-corrected chi connectivity index (χ0v) is 15.3. The molecule has 3 rings (SSSR count). The van der Waals surface area contributed by atoms with Gasteiger partial charge in [0.25, 0.3) is 5.91 Å². The second-order valence-electron chi connectivity index (χ2n) is 6.72. The lowest BCUT2D eigenvalue weighted by atomic mass is 9.95. The highest BCUT2D eigenvalue weighted by molar-refractivity contribution is 5.97. The van der Waals surface area contributed by atoms with Crippen LogP contribution in [0.3, 0.4) is 0 Å². The smallest absolute Gasteiger partial charge is 0.254 e. The van der Waals surface area contributed by atoms with Crippen molar-refractivity contribution in [2.45, 2.75) is 51.1 Å². The number of hydrogen-bond donors (Lipinski definition) is 3. The summed E-state index contributed by atoms with van der Waals surface area (Å²) in [6.45, 7) is 1.94. The number of nitrogens with zero attached hydrogens (tertiary/aromatic N) is 2. The van der Waals surface area contributed by atoms with Gasteiger partial charge >= 0.3 is 0 Å². The van der Waals surface area contributed by atoms with Gasteiger partial charge in [0, 0.05) is 12.2 Å². The van der Waals surface area contributed by atoms with Gasteiger partial charge in [0.2, 0.25) is 5.95 Å². The minimum Gasteiger partial charge on any atom is -0.412 e. The molecule has 1 aliphatic rings. The molecule has 1 fully saturated rings.